The Morgan fingerprint density at radius 3 is 2.60 bits per heavy atom. The molecule has 58 valence electrons. The molecule has 0 spiro atoms. The highest BCUT2D eigenvalue weighted by molar-refractivity contribution is 5.81. The molecule has 0 heterocycles. The Hall–Kier alpha value is -0.630. The summed E-state index contributed by atoms with van der Waals surface area (Å²) in [5, 5.41) is 0. The summed E-state index contributed by atoms with van der Waals surface area (Å²) in [6.45, 7) is 7.12. The first-order valence-electron chi connectivity index (χ1n) is 3.46. The third-order valence-electron chi connectivity index (χ3n) is 1.55. The van der Waals surface area contributed by atoms with Gasteiger partial charge in [-0.15, -0.1) is 6.58 Å². The van der Waals surface area contributed by atoms with Gasteiger partial charge in [-0.1, -0.05) is 13.0 Å². The van der Waals surface area contributed by atoms with Gasteiger partial charge in [-0.25, -0.2) is 0 Å². The van der Waals surface area contributed by atoms with E-state index >= 15 is 0 Å². The molecule has 0 saturated carbocycles. The van der Waals surface area contributed by atoms with Gasteiger partial charge in [0.1, 0.15) is 5.78 Å². The van der Waals surface area contributed by atoms with Crippen LogP contribution in [0, 0.1) is 5.92 Å². The van der Waals surface area contributed by atoms with Crippen molar-refractivity contribution in [3.05, 3.63) is 12.7 Å². The molecule has 0 aliphatic rings. The Balaban J connectivity index is 3.67. The van der Waals surface area contributed by atoms with Crippen LogP contribution in [-0.4, -0.2) is 11.8 Å². The summed E-state index contributed by atoms with van der Waals surface area (Å²) in [6, 6.07) is -0.312. The van der Waals surface area contributed by atoms with E-state index < -0.39 is 0 Å². The summed E-state index contributed by atoms with van der Waals surface area (Å²) >= 11 is 0. The highest BCUT2D eigenvalue weighted by atomic mass is 16.1. The van der Waals surface area contributed by atoms with Gasteiger partial charge in [0.2, 0.25) is 0 Å². The molecular weight excluding hydrogens is 126 g/mol. The van der Waals surface area contributed by atoms with Crippen LogP contribution in [0.5, 0.6) is 0 Å². The Morgan fingerprint density at radius 2 is 2.30 bits per heavy atom. The van der Waals surface area contributed by atoms with Gasteiger partial charge in [-0.3, -0.25) is 4.79 Å². The number of allylic oxidation sites excluding steroid dienone is 1. The van der Waals surface area contributed by atoms with Crippen LogP contribution in [0.1, 0.15) is 20.3 Å². The van der Waals surface area contributed by atoms with Crippen molar-refractivity contribution in [2.45, 2.75) is 26.3 Å². The summed E-state index contributed by atoms with van der Waals surface area (Å²) in [5.41, 5.74) is 5.50. The molecule has 0 bridgehead atoms. The summed E-state index contributed by atoms with van der Waals surface area (Å²) in [6.07, 6.45) is 2.52. The highest BCUT2D eigenvalue weighted by Gasteiger charge is 2.09. The van der Waals surface area contributed by atoms with E-state index in [1.165, 1.54) is 6.92 Å². The molecule has 2 heteroatoms. The molecule has 0 unspecified atom stereocenters. The number of nitrogens with two attached hydrogens (primary N) is 1. The quantitative estimate of drug-likeness (QED) is 0.596. The number of hydrogen-bond donors (Lipinski definition) is 1. The lowest BCUT2D eigenvalue weighted by atomic mass is 10.0. The van der Waals surface area contributed by atoms with Crippen molar-refractivity contribution in [2.75, 3.05) is 0 Å². The number of carbonyl (C=O) groups excluding carboxylic acids is 1. The number of hydrogen-bond acceptors (Lipinski definition) is 2. The Labute approximate surface area is 62.1 Å². The van der Waals surface area contributed by atoms with Crippen LogP contribution in [0.4, 0.5) is 0 Å². The number of carbonyl (C=O) groups is 1. The Morgan fingerprint density at radius 1 is 1.80 bits per heavy atom. The zero-order valence-corrected chi connectivity index (χ0v) is 6.63. The molecule has 2 nitrogen and oxygen atoms in total. The lowest BCUT2D eigenvalue weighted by Gasteiger charge is -2.10. The minimum absolute atomic E-state index is 0.0497. The van der Waals surface area contributed by atoms with Crippen LogP contribution in [0.2, 0.25) is 0 Å². The van der Waals surface area contributed by atoms with Crippen LogP contribution in [0.3, 0.4) is 0 Å². The molecule has 0 aromatic heterocycles. The fourth-order valence-corrected chi connectivity index (χ4v) is 0.663. The number of Topliss-reactive ketones (excluding diaryl/α,β-unsaturated/α-hetero) is 1. The van der Waals surface area contributed by atoms with E-state index in [-0.39, 0.29) is 11.8 Å². The average molecular weight is 141 g/mol. The van der Waals surface area contributed by atoms with E-state index in [0.29, 0.717) is 12.3 Å². The fraction of sp³-hybridized carbons (Fsp3) is 0.625. The predicted octanol–water partition coefficient (Wildman–Crippen LogP) is 1.11. The van der Waals surface area contributed by atoms with Gasteiger partial charge >= 0.3 is 0 Å². The first-order valence-corrected chi connectivity index (χ1v) is 3.46. The number of rotatable bonds is 4. The Bertz CT molecular complexity index is 131. The van der Waals surface area contributed by atoms with Crippen molar-refractivity contribution < 1.29 is 4.79 Å². The molecule has 10 heavy (non-hydrogen) atoms. The lowest BCUT2D eigenvalue weighted by Crippen LogP contribution is -2.29. The van der Waals surface area contributed by atoms with Crippen LogP contribution in [0.15, 0.2) is 12.7 Å². The largest absolute Gasteiger partial charge is 0.322 e. The summed E-state index contributed by atoms with van der Waals surface area (Å²) in [7, 11) is 0. The van der Waals surface area contributed by atoms with Crippen molar-refractivity contribution >= 4 is 5.78 Å². The van der Waals surface area contributed by atoms with Gasteiger partial charge in [0.25, 0.3) is 0 Å². The molecule has 0 aliphatic carbocycles. The molecule has 0 aromatic carbocycles. The topological polar surface area (TPSA) is 43.1 Å². The average Bonchev–Trinajstić information content (AvgIpc) is 1.87. The molecule has 0 rings (SSSR count). The van der Waals surface area contributed by atoms with Crippen LogP contribution in [0.25, 0.3) is 0 Å². The summed E-state index contributed by atoms with van der Waals surface area (Å²) < 4.78 is 0. The van der Waals surface area contributed by atoms with Gasteiger partial charge in [0, 0.05) is 0 Å². The Kier molecular flexibility index (Phi) is 3.96. The monoisotopic (exact) mass is 141 g/mol. The zero-order chi connectivity index (χ0) is 8.15. The molecule has 0 saturated heterocycles. The SMILES string of the molecule is C=C[C@H](C)C[C@H](N)C(C)=O. The van der Waals surface area contributed by atoms with Crippen LogP contribution >= 0.6 is 0 Å². The first-order chi connectivity index (χ1) is 4.57. The predicted molar refractivity (Wildman–Crippen MR) is 42.6 cm³/mol. The normalized spacial score (nSPS) is 15.9. The van der Waals surface area contributed by atoms with E-state index in [4.69, 9.17) is 5.73 Å². The summed E-state index contributed by atoms with van der Waals surface area (Å²) in [4.78, 5) is 10.6. The van der Waals surface area contributed by atoms with Crippen molar-refractivity contribution in [3.63, 3.8) is 0 Å². The van der Waals surface area contributed by atoms with Gasteiger partial charge < -0.3 is 5.73 Å². The van der Waals surface area contributed by atoms with Crippen molar-refractivity contribution in [3.8, 4) is 0 Å². The second-order valence-corrected chi connectivity index (χ2v) is 2.67. The van der Waals surface area contributed by atoms with Crippen LogP contribution < -0.4 is 5.73 Å². The molecule has 0 amide bonds. The molecule has 0 aromatic rings. The maximum absolute atomic E-state index is 10.6. The second kappa shape index (κ2) is 4.23. The molecular formula is C8H15NO. The van der Waals surface area contributed by atoms with E-state index in [2.05, 4.69) is 6.58 Å². The fourth-order valence-electron chi connectivity index (χ4n) is 0.663. The van der Waals surface area contributed by atoms with Crippen molar-refractivity contribution in [1.29, 1.82) is 0 Å². The zero-order valence-electron chi connectivity index (χ0n) is 6.63. The third kappa shape index (κ3) is 3.41. The smallest absolute Gasteiger partial charge is 0.146 e. The molecule has 0 fully saturated rings. The maximum Gasteiger partial charge on any atom is 0.146 e. The summed E-state index contributed by atoms with van der Waals surface area (Å²) in [5.74, 6) is 0.382. The number of ketones is 1. The minimum Gasteiger partial charge on any atom is -0.322 e. The standard InChI is InChI=1S/C8H15NO/c1-4-6(2)5-8(9)7(3)10/h4,6,8H,1,5,9H2,2-3H3/t6-,8-/m0/s1. The maximum atomic E-state index is 10.6. The second-order valence-electron chi connectivity index (χ2n) is 2.67. The van der Waals surface area contributed by atoms with E-state index in [1.807, 2.05) is 13.0 Å². The van der Waals surface area contributed by atoms with Crippen molar-refractivity contribution in [1.82, 2.24) is 0 Å². The molecule has 2 atom stereocenters. The van der Waals surface area contributed by atoms with Gasteiger partial charge in [0.05, 0.1) is 6.04 Å². The molecule has 2 N–H and O–H groups in total. The van der Waals surface area contributed by atoms with Gasteiger partial charge in [-0.2, -0.15) is 0 Å². The molecule has 0 radical (unpaired) electrons. The van der Waals surface area contributed by atoms with E-state index in [1.54, 1.807) is 0 Å². The van der Waals surface area contributed by atoms with Crippen LogP contribution in [-0.2, 0) is 4.79 Å². The van der Waals surface area contributed by atoms with E-state index in [9.17, 15) is 4.79 Å². The van der Waals surface area contributed by atoms with Gasteiger partial charge in [-0.05, 0) is 19.3 Å². The van der Waals surface area contributed by atoms with Crippen molar-refractivity contribution in [2.24, 2.45) is 11.7 Å². The third-order valence-corrected chi connectivity index (χ3v) is 1.55. The van der Waals surface area contributed by atoms with E-state index in [0.717, 1.165) is 0 Å². The lowest BCUT2D eigenvalue weighted by molar-refractivity contribution is -0.118. The molecule has 0 aliphatic heterocycles. The van der Waals surface area contributed by atoms with Gasteiger partial charge in [0.15, 0.2) is 0 Å². The minimum atomic E-state index is -0.312. The highest BCUT2D eigenvalue weighted by Crippen LogP contribution is 2.05. The first kappa shape index (κ1) is 9.37.